The normalized spacial score (nSPS) is 26.7. The lowest BCUT2D eigenvalue weighted by molar-refractivity contribution is -0.144. The number of ether oxygens (including phenoxy) is 1. The number of aliphatic carboxylic acids is 1. The maximum atomic E-state index is 11.8. The zero-order chi connectivity index (χ0) is 11.9. The van der Waals surface area contributed by atoms with Crippen molar-refractivity contribution in [3.8, 4) is 0 Å². The molecule has 0 heterocycles. The smallest absolute Gasteiger partial charge is 0.335 e. The molecule has 0 aromatic heterocycles. The van der Waals surface area contributed by atoms with E-state index in [4.69, 9.17) is 9.84 Å². The van der Waals surface area contributed by atoms with E-state index < -0.39 is 11.9 Å². The molecule has 0 radical (unpaired) electrons. The fourth-order valence-corrected chi connectivity index (χ4v) is 2.34. The monoisotopic (exact) mass is 222 g/mol. The fraction of sp³-hybridized carbons (Fsp3) is 0.500. The molecule has 2 rings (SSSR count). The fourth-order valence-electron chi connectivity index (χ4n) is 2.34. The van der Waals surface area contributed by atoms with Gasteiger partial charge in [-0.3, -0.25) is 0 Å². The van der Waals surface area contributed by atoms with Crippen LogP contribution in [0, 0.1) is 11.8 Å². The molecule has 0 aromatic carbocycles. The molecule has 4 nitrogen and oxygen atoms in total. The van der Waals surface area contributed by atoms with Crippen LogP contribution >= 0.6 is 0 Å². The molecule has 2 aliphatic carbocycles. The minimum absolute atomic E-state index is 0.0673. The number of fused-ring (bicyclic) bond motifs is 2. The summed E-state index contributed by atoms with van der Waals surface area (Å²) in [5.41, 5.74) is 0.562. The Hall–Kier alpha value is -1.58. The first-order valence-electron chi connectivity index (χ1n) is 5.37. The summed E-state index contributed by atoms with van der Waals surface area (Å²) in [5.74, 6) is -1.67. The van der Waals surface area contributed by atoms with Crippen LogP contribution in [0.25, 0.3) is 0 Å². The van der Waals surface area contributed by atoms with E-state index in [0.717, 1.165) is 0 Å². The van der Waals surface area contributed by atoms with Crippen LogP contribution in [-0.4, -0.2) is 23.1 Å². The first kappa shape index (κ1) is 10.9. The zero-order valence-electron chi connectivity index (χ0n) is 9.27. The molecule has 2 aliphatic rings. The Balaban J connectivity index is 2.30. The molecule has 0 saturated heterocycles. The molecule has 86 valence electrons. The summed E-state index contributed by atoms with van der Waals surface area (Å²) in [5, 5.41) is 9.09. The van der Waals surface area contributed by atoms with Gasteiger partial charge in [0.25, 0.3) is 0 Å². The second-order valence-electron chi connectivity index (χ2n) is 4.42. The van der Waals surface area contributed by atoms with Gasteiger partial charge in [0.1, 0.15) is 0 Å². The number of carboxylic acid groups (broad SMARTS) is 1. The predicted octanol–water partition coefficient (Wildman–Crippen LogP) is 1.53. The molecule has 0 saturated carbocycles. The van der Waals surface area contributed by atoms with Crippen molar-refractivity contribution in [3.63, 3.8) is 0 Å². The van der Waals surface area contributed by atoms with Gasteiger partial charge < -0.3 is 9.84 Å². The van der Waals surface area contributed by atoms with Crippen molar-refractivity contribution in [2.24, 2.45) is 11.8 Å². The summed E-state index contributed by atoms with van der Waals surface area (Å²) in [7, 11) is 0. The number of hydrogen-bond donors (Lipinski definition) is 1. The number of allylic oxidation sites excluding steroid dienone is 2. The maximum absolute atomic E-state index is 11.8. The molecule has 0 spiro atoms. The number of rotatable bonds is 3. The second-order valence-corrected chi connectivity index (χ2v) is 4.42. The zero-order valence-corrected chi connectivity index (χ0v) is 9.27. The standard InChI is InChI=1S/C12H14O4/c1-6(2)16-12(15)10-8-4-3-7(5-8)9(10)11(13)14/h3-4,6-8H,5H2,1-2H3,(H,13,14). The Bertz CT molecular complexity index is 403. The highest BCUT2D eigenvalue weighted by molar-refractivity contribution is 6.02. The molecular weight excluding hydrogens is 208 g/mol. The lowest BCUT2D eigenvalue weighted by Gasteiger charge is -2.14. The highest BCUT2D eigenvalue weighted by Gasteiger charge is 2.42. The van der Waals surface area contributed by atoms with Gasteiger partial charge in [-0.05, 0) is 20.3 Å². The molecular formula is C12H14O4. The number of esters is 1. The number of carboxylic acids is 1. The minimum Gasteiger partial charge on any atom is -0.478 e. The van der Waals surface area contributed by atoms with Crippen molar-refractivity contribution in [1.29, 1.82) is 0 Å². The van der Waals surface area contributed by atoms with Gasteiger partial charge in [0.2, 0.25) is 0 Å². The Labute approximate surface area is 93.6 Å². The molecule has 1 N–H and O–H groups in total. The van der Waals surface area contributed by atoms with Gasteiger partial charge in [-0.15, -0.1) is 0 Å². The van der Waals surface area contributed by atoms with E-state index in [1.807, 2.05) is 12.2 Å². The van der Waals surface area contributed by atoms with Crippen LogP contribution in [0.4, 0.5) is 0 Å². The molecule has 2 bridgehead atoms. The van der Waals surface area contributed by atoms with Gasteiger partial charge in [0, 0.05) is 11.8 Å². The molecule has 0 aromatic rings. The van der Waals surface area contributed by atoms with E-state index in [2.05, 4.69) is 0 Å². The van der Waals surface area contributed by atoms with Crippen LogP contribution in [0.5, 0.6) is 0 Å². The van der Waals surface area contributed by atoms with E-state index in [-0.39, 0.29) is 23.5 Å². The van der Waals surface area contributed by atoms with Crippen molar-refractivity contribution in [3.05, 3.63) is 23.3 Å². The molecule has 0 amide bonds. The number of carbonyl (C=O) groups is 2. The minimum atomic E-state index is -1.01. The van der Waals surface area contributed by atoms with Crippen molar-refractivity contribution in [1.82, 2.24) is 0 Å². The third kappa shape index (κ3) is 1.64. The van der Waals surface area contributed by atoms with Gasteiger partial charge in [0.15, 0.2) is 0 Å². The maximum Gasteiger partial charge on any atom is 0.335 e. The average molecular weight is 222 g/mol. The average Bonchev–Trinajstić information content (AvgIpc) is 2.74. The van der Waals surface area contributed by atoms with Crippen LogP contribution in [0.15, 0.2) is 23.3 Å². The summed E-state index contributed by atoms with van der Waals surface area (Å²) in [4.78, 5) is 22.9. The van der Waals surface area contributed by atoms with Gasteiger partial charge in [-0.2, -0.15) is 0 Å². The van der Waals surface area contributed by atoms with Gasteiger partial charge >= 0.3 is 11.9 Å². The number of carbonyl (C=O) groups excluding carboxylic acids is 1. The largest absolute Gasteiger partial charge is 0.478 e. The first-order chi connectivity index (χ1) is 7.50. The molecule has 2 atom stereocenters. The molecule has 0 aliphatic heterocycles. The van der Waals surface area contributed by atoms with E-state index in [0.29, 0.717) is 12.0 Å². The Kier molecular flexibility index (Phi) is 2.58. The second kappa shape index (κ2) is 3.77. The van der Waals surface area contributed by atoms with Gasteiger partial charge in [-0.25, -0.2) is 9.59 Å². The van der Waals surface area contributed by atoms with E-state index in [1.54, 1.807) is 13.8 Å². The van der Waals surface area contributed by atoms with Crippen LogP contribution in [0.3, 0.4) is 0 Å². The lowest BCUT2D eigenvalue weighted by atomic mass is 9.97. The molecule has 4 heteroatoms. The van der Waals surface area contributed by atoms with Crippen molar-refractivity contribution in [2.75, 3.05) is 0 Å². The summed E-state index contributed by atoms with van der Waals surface area (Å²) in [6.07, 6.45) is 4.23. The van der Waals surface area contributed by atoms with Crippen molar-refractivity contribution >= 4 is 11.9 Å². The van der Waals surface area contributed by atoms with Gasteiger partial charge in [0.05, 0.1) is 17.3 Å². The Morgan fingerprint density at radius 2 is 1.88 bits per heavy atom. The molecule has 16 heavy (non-hydrogen) atoms. The SMILES string of the molecule is CC(C)OC(=O)C1=C(C(=O)O)C2C=CC1C2. The van der Waals surface area contributed by atoms with Crippen LogP contribution < -0.4 is 0 Å². The highest BCUT2D eigenvalue weighted by Crippen LogP contribution is 2.44. The summed E-state index contributed by atoms with van der Waals surface area (Å²) < 4.78 is 5.07. The topological polar surface area (TPSA) is 63.6 Å². The lowest BCUT2D eigenvalue weighted by Crippen LogP contribution is -2.20. The van der Waals surface area contributed by atoms with Crippen LogP contribution in [0.1, 0.15) is 20.3 Å². The number of hydrogen-bond acceptors (Lipinski definition) is 3. The summed E-state index contributed by atoms with van der Waals surface area (Å²) in [6, 6.07) is 0. The van der Waals surface area contributed by atoms with E-state index in [1.165, 1.54) is 0 Å². The summed E-state index contributed by atoms with van der Waals surface area (Å²) >= 11 is 0. The quantitative estimate of drug-likeness (QED) is 0.581. The third-order valence-corrected chi connectivity index (χ3v) is 2.91. The molecule has 0 fully saturated rings. The van der Waals surface area contributed by atoms with Crippen molar-refractivity contribution in [2.45, 2.75) is 26.4 Å². The first-order valence-corrected chi connectivity index (χ1v) is 5.37. The van der Waals surface area contributed by atoms with Crippen LogP contribution in [-0.2, 0) is 14.3 Å². The van der Waals surface area contributed by atoms with E-state index in [9.17, 15) is 9.59 Å². The van der Waals surface area contributed by atoms with E-state index >= 15 is 0 Å². The molecule has 2 unspecified atom stereocenters. The summed E-state index contributed by atoms with van der Waals surface area (Å²) in [6.45, 7) is 3.50. The van der Waals surface area contributed by atoms with Gasteiger partial charge in [-0.1, -0.05) is 12.2 Å². The van der Waals surface area contributed by atoms with Crippen LogP contribution in [0.2, 0.25) is 0 Å². The Morgan fingerprint density at radius 3 is 2.38 bits per heavy atom. The predicted molar refractivity (Wildman–Crippen MR) is 56.6 cm³/mol. The van der Waals surface area contributed by atoms with Crippen molar-refractivity contribution < 1.29 is 19.4 Å². The Morgan fingerprint density at radius 1 is 1.31 bits per heavy atom. The third-order valence-electron chi connectivity index (χ3n) is 2.91. The highest BCUT2D eigenvalue weighted by atomic mass is 16.5.